The van der Waals surface area contributed by atoms with Crippen molar-refractivity contribution in [3.05, 3.63) is 35.9 Å². The number of nitrogens with one attached hydrogen (secondary N) is 2. The van der Waals surface area contributed by atoms with Gasteiger partial charge in [0.05, 0.1) is 48.3 Å². The van der Waals surface area contributed by atoms with Crippen LogP contribution in [0.3, 0.4) is 0 Å². The number of benzene rings is 1. The molecule has 12 nitrogen and oxygen atoms in total. The summed E-state index contributed by atoms with van der Waals surface area (Å²) in [6.07, 6.45) is 1.64. The first-order chi connectivity index (χ1) is 23.9. The van der Waals surface area contributed by atoms with Crippen LogP contribution in [0.1, 0.15) is 79.7 Å². The van der Waals surface area contributed by atoms with Gasteiger partial charge in [-0.1, -0.05) is 83.6 Å². The van der Waals surface area contributed by atoms with Gasteiger partial charge in [0.1, 0.15) is 12.1 Å². The van der Waals surface area contributed by atoms with Gasteiger partial charge < -0.3 is 40.4 Å². The van der Waals surface area contributed by atoms with Gasteiger partial charge in [-0.2, -0.15) is 0 Å². The fraction of sp³-hybridized carbons (Fsp3) is 0.711. The summed E-state index contributed by atoms with van der Waals surface area (Å²) in [5, 5.41) is 6.06. The number of thiocarbonyl (C=S) groups is 1. The molecule has 2 rings (SSSR count). The number of esters is 1. The number of carbonyl (C=O) groups excluding carboxylic acids is 4. The van der Waals surface area contributed by atoms with E-state index in [1.807, 2.05) is 69.9 Å². The highest BCUT2D eigenvalue weighted by atomic mass is 35.5. The minimum absolute atomic E-state index is 0. The molecular formula is C38H64ClN5O7S. The van der Waals surface area contributed by atoms with E-state index in [4.69, 9.17) is 32.2 Å². The predicted octanol–water partition coefficient (Wildman–Crippen LogP) is 3.91. The van der Waals surface area contributed by atoms with Crippen molar-refractivity contribution in [2.24, 2.45) is 23.5 Å². The van der Waals surface area contributed by atoms with E-state index in [0.717, 1.165) is 24.8 Å². The van der Waals surface area contributed by atoms with Crippen molar-refractivity contribution in [3.8, 4) is 0 Å². The van der Waals surface area contributed by atoms with E-state index < -0.39 is 47.7 Å². The van der Waals surface area contributed by atoms with Crippen LogP contribution in [0.25, 0.3) is 0 Å². The third kappa shape index (κ3) is 12.6. The Kier molecular flexibility index (Phi) is 19.7. The first-order valence-electron chi connectivity index (χ1n) is 18.1. The number of ether oxygens (including phenoxy) is 3. The smallest absolute Gasteiger partial charge is 0.328 e. The summed E-state index contributed by atoms with van der Waals surface area (Å²) in [4.78, 5) is 57.6. The Balaban J connectivity index is 0.0000135. The molecule has 1 heterocycles. The average Bonchev–Trinajstić information content (AvgIpc) is 3.58. The van der Waals surface area contributed by atoms with E-state index >= 15 is 0 Å². The van der Waals surface area contributed by atoms with Crippen molar-refractivity contribution in [2.75, 3.05) is 34.9 Å². The van der Waals surface area contributed by atoms with Crippen LogP contribution in [0.4, 0.5) is 0 Å². The number of likely N-dealkylation sites (N-methyl/N-ethyl adjacent to an activating group) is 1. The SMILES string of the molecule is CC[C@H](C)[C@@H]([C@@H](CC(=O)N1CCC[C@H]1[C@H](OC)[C@@H](C)C(=S)N[C@@H](Cc1ccccc1)C(=O)OC)OC)N(C)C(=O)[C@@H](NC(=O)C(C)(C)N)C(C)C.Cl. The molecule has 0 spiro atoms. The summed E-state index contributed by atoms with van der Waals surface area (Å²) in [6, 6.07) is 7.44. The molecule has 1 aliphatic heterocycles. The van der Waals surface area contributed by atoms with E-state index in [0.29, 0.717) is 18.0 Å². The molecule has 0 radical (unpaired) electrons. The highest BCUT2D eigenvalue weighted by molar-refractivity contribution is 7.80. The number of hydrogen-bond acceptors (Lipinski definition) is 9. The third-order valence-corrected chi connectivity index (χ3v) is 10.6. The van der Waals surface area contributed by atoms with Crippen LogP contribution >= 0.6 is 24.6 Å². The number of amides is 3. The quantitative estimate of drug-likeness (QED) is 0.140. The second kappa shape index (κ2) is 21.8. The molecule has 0 unspecified atom stereocenters. The maximum atomic E-state index is 14.2. The Morgan fingerprint density at radius 2 is 1.65 bits per heavy atom. The van der Waals surface area contributed by atoms with Gasteiger partial charge in [-0.3, -0.25) is 14.4 Å². The third-order valence-electron chi connectivity index (χ3n) is 10.1. The topological polar surface area (TPSA) is 153 Å². The normalized spacial score (nSPS) is 18.6. The molecule has 4 N–H and O–H groups in total. The first kappa shape index (κ1) is 47.2. The van der Waals surface area contributed by atoms with Gasteiger partial charge in [-0.15, -0.1) is 12.4 Å². The van der Waals surface area contributed by atoms with Crippen molar-refractivity contribution < 1.29 is 33.4 Å². The van der Waals surface area contributed by atoms with Crippen LogP contribution in [0.5, 0.6) is 0 Å². The van der Waals surface area contributed by atoms with Crippen LogP contribution in [0, 0.1) is 17.8 Å². The van der Waals surface area contributed by atoms with E-state index in [9.17, 15) is 19.2 Å². The summed E-state index contributed by atoms with van der Waals surface area (Å²) in [6.45, 7) is 13.5. The van der Waals surface area contributed by atoms with Crippen molar-refractivity contribution in [1.29, 1.82) is 0 Å². The van der Waals surface area contributed by atoms with Crippen molar-refractivity contribution in [3.63, 3.8) is 0 Å². The van der Waals surface area contributed by atoms with E-state index in [2.05, 4.69) is 10.6 Å². The Morgan fingerprint density at radius 1 is 1.04 bits per heavy atom. The second-order valence-electron chi connectivity index (χ2n) is 14.8. The molecule has 0 bridgehead atoms. The molecule has 296 valence electrons. The molecule has 8 atom stereocenters. The fourth-order valence-corrected chi connectivity index (χ4v) is 7.13. The van der Waals surface area contributed by atoms with Gasteiger partial charge in [-0.25, -0.2) is 4.79 Å². The van der Waals surface area contributed by atoms with E-state index in [1.54, 1.807) is 40.0 Å². The number of halogens is 1. The molecule has 1 aliphatic rings. The summed E-state index contributed by atoms with van der Waals surface area (Å²) >= 11 is 5.83. The lowest BCUT2D eigenvalue weighted by Gasteiger charge is -2.41. The lowest BCUT2D eigenvalue weighted by atomic mass is 9.89. The van der Waals surface area contributed by atoms with Gasteiger partial charge in [0.25, 0.3) is 0 Å². The molecule has 1 aromatic rings. The standard InChI is InChI=1S/C38H63N5O7S.ClH/c1-12-24(4)32(42(8)35(45)31(23(2)3)41-37(47)38(6,7)39)29(48-9)22-30(44)43-20-16-19-28(43)33(49-10)25(5)34(51)40-27(36(46)50-11)21-26-17-14-13-15-18-26;/h13-15,17-18,23-25,27-29,31-33H,12,16,19-22,39H2,1-11H3,(H,40,51)(H,41,47);1H/t24-,25+,27-,28-,29+,31-,32-,33+;/m0./s1. The number of carbonyl (C=O) groups is 4. The fourth-order valence-electron chi connectivity index (χ4n) is 6.85. The molecule has 3 amide bonds. The van der Waals surface area contributed by atoms with Crippen LogP contribution < -0.4 is 16.4 Å². The van der Waals surface area contributed by atoms with Crippen molar-refractivity contribution in [2.45, 2.75) is 122 Å². The predicted molar refractivity (Wildman–Crippen MR) is 210 cm³/mol. The number of hydrogen-bond donors (Lipinski definition) is 3. The Hall–Kier alpha value is -2.84. The molecule has 52 heavy (non-hydrogen) atoms. The summed E-state index contributed by atoms with van der Waals surface area (Å²) in [5.41, 5.74) is 5.84. The molecule has 0 aliphatic carbocycles. The van der Waals surface area contributed by atoms with Crippen LogP contribution in [-0.2, 0) is 39.8 Å². The molecule has 14 heteroatoms. The largest absolute Gasteiger partial charge is 0.467 e. The Bertz CT molecular complexity index is 1310. The lowest BCUT2D eigenvalue weighted by Crippen LogP contribution is -2.60. The zero-order chi connectivity index (χ0) is 38.6. The van der Waals surface area contributed by atoms with Gasteiger partial charge >= 0.3 is 5.97 Å². The maximum Gasteiger partial charge on any atom is 0.328 e. The van der Waals surface area contributed by atoms with E-state index in [1.165, 1.54) is 7.11 Å². The maximum absolute atomic E-state index is 14.2. The summed E-state index contributed by atoms with van der Waals surface area (Å²) < 4.78 is 17.1. The lowest BCUT2D eigenvalue weighted by molar-refractivity contribution is -0.147. The Labute approximate surface area is 323 Å². The second-order valence-corrected chi connectivity index (χ2v) is 15.2. The highest BCUT2D eigenvalue weighted by Crippen LogP contribution is 2.30. The summed E-state index contributed by atoms with van der Waals surface area (Å²) in [5.74, 6) is -1.77. The monoisotopic (exact) mass is 769 g/mol. The molecule has 0 aromatic heterocycles. The van der Waals surface area contributed by atoms with Gasteiger partial charge in [0.15, 0.2) is 0 Å². The number of nitrogens with two attached hydrogens (primary N) is 1. The number of methoxy groups -OCH3 is 3. The zero-order valence-electron chi connectivity index (χ0n) is 33.0. The van der Waals surface area contributed by atoms with Gasteiger partial charge in [0, 0.05) is 40.2 Å². The van der Waals surface area contributed by atoms with Crippen LogP contribution in [0.2, 0.25) is 0 Å². The number of rotatable bonds is 19. The van der Waals surface area contributed by atoms with Crippen molar-refractivity contribution in [1.82, 2.24) is 20.4 Å². The minimum atomic E-state index is -1.15. The van der Waals surface area contributed by atoms with Gasteiger partial charge in [-0.05, 0) is 44.1 Å². The number of likely N-dealkylation sites (tertiary alicyclic amines) is 1. The van der Waals surface area contributed by atoms with E-state index in [-0.39, 0.29) is 54.4 Å². The highest BCUT2D eigenvalue weighted by Gasteiger charge is 2.43. The molecular weight excluding hydrogens is 706 g/mol. The molecule has 0 saturated carbocycles. The first-order valence-corrected chi connectivity index (χ1v) is 18.5. The zero-order valence-corrected chi connectivity index (χ0v) is 34.6. The minimum Gasteiger partial charge on any atom is -0.467 e. The van der Waals surface area contributed by atoms with Gasteiger partial charge in [0.2, 0.25) is 17.7 Å². The van der Waals surface area contributed by atoms with Crippen LogP contribution in [0.15, 0.2) is 30.3 Å². The molecule has 1 fully saturated rings. The molecule has 1 aromatic carbocycles. The van der Waals surface area contributed by atoms with Crippen molar-refractivity contribution >= 4 is 53.3 Å². The molecule has 1 saturated heterocycles. The van der Waals surface area contributed by atoms with Crippen LogP contribution in [-0.4, -0.2) is 115 Å². The average molecular weight is 770 g/mol. The summed E-state index contributed by atoms with van der Waals surface area (Å²) in [7, 11) is 6.23. The number of nitrogens with zero attached hydrogens (tertiary/aromatic N) is 2. The Morgan fingerprint density at radius 3 is 2.15 bits per heavy atom.